The molecule has 0 unspecified atom stereocenters. The van der Waals surface area contributed by atoms with Gasteiger partial charge >= 0.3 is 12.1 Å². The number of sulfonamides is 1. The SMILES string of the molecule is COC(=O)[C@H](Cc1ccc(OC2CCN(C(=O)OCc3ccccc3)CC2)cc1)NS(=O)(=O)c1ccccc1. The predicted octanol–water partition coefficient (Wildman–Crippen LogP) is 3.93. The first-order chi connectivity index (χ1) is 18.8. The lowest BCUT2D eigenvalue weighted by atomic mass is 10.1. The Bertz CT molecular complexity index is 1330. The fraction of sp³-hybridized carbons (Fsp3) is 0.310. The minimum Gasteiger partial charge on any atom is -0.490 e. The van der Waals surface area contributed by atoms with Crippen molar-refractivity contribution in [3.63, 3.8) is 0 Å². The van der Waals surface area contributed by atoms with Crippen molar-refractivity contribution in [2.24, 2.45) is 0 Å². The molecule has 39 heavy (non-hydrogen) atoms. The summed E-state index contributed by atoms with van der Waals surface area (Å²) in [6, 6.07) is 23.5. The average Bonchev–Trinajstić information content (AvgIpc) is 2.97. The maximum Gasteiger partial charge on any atom is 0.410 e. The van der Waals surface area contributed by atoms with Crippen LogP contribution >= 0.6 is 0 Å². The number of ether oxygens (including phenoxy) is 3. The molecule has 4 rings (SSSR count). The third-order valence-electron chi connectivity index (χ3n) is 6.41. The third-order valence-corrected chi connectivity index (χ3v) is 7.90. The van der Waals surface area contributed by atoms with E-state index in [9.17, 15) is 18.0 Å². The summed E-state index contributed by atoms with van der Waals surface area (Å²) >= 11 is 0. The van der Waals surface area contributed by atoms with E-state index in [4.69, 9.17) is 14.2 Å². The molecule has 206 valence electrons. The lowest BCUT2D eigenvalue weighted by molar-refractivity contribution is -0.142. The molecule has 1 saturated heterocycles. The number of rotatable bonds is 10. The molecular weight excluding hydrogens is 520 g/mol. The summed E-state index contributed by atoms with van der Waals surface area (Å²) in [6.07, 6.45) is 1.09. The lowest BCUT2D eigenvalue weighted by Gasteiger charge is -2.31. The Morgan fingerprint density at radius 2 is 1.51 bits per heavy atom. The van der Waals surface area contributed by atoms with E-state index in [0.29, 0.717) is 31.7 Å². The Kier molecular flexibility index (Phi) is 9.56. The molecule has 1 aliphatic rings. The van der Waals surface area contributed by atoms with E-state index in [0.717, 1.165) is 11.1 Å². The van der Waals surface area contributed by atoms with Gasteiger partial charge in [-0.15, -0.1) is 0 Å². The lowest BCUT2D eigenvalue weighted by Crippen LogP contribution is -2.43. The second kappa shape index (κ2) is 13.3. The van der Waals surface area contributed by atoms with Crippen LogP contribution in [-0.4, -0.2) is 57.7 Å². The van der Waals surface area contributed by atoms with Crippen molar-refractivity contribution < 1.29 is 32.2 Å². The first kappa shape index (κ1) is 28.1. The van der Waals surface area contributed by atoms with Crippen LogP contribution in [0.1, 0.15) is 24.0 Å². The van der Waals surface area contributed by atoms with Crippen LogP contribution in [0.4, 0.5) is 4.79 Å². The number of amides is 1. The summed E-state index contributed by atoms with van der Waals surface area (Å²) in [5.74, 6) is -0.0211. The van der Waals surface area contributed by atoms with Gasteiger partial charge in [0, 0.05) is 25.9 Å². The number of likely N-dealkylation sites (tertiary alicyclic amines) is 1. The number of nitrogens with one attached hydrogen (secondary N) is 1. The van der Waals surface area contributed by atoms with Crippen LogP contribution in [0, 0.1) is 0 Å². The standard InChI is InChI=1S/C29H32N2O7S/c1-36-28(32)27(30-39(34,35)26-10-6-3-7-11-26)20-22-12-14-24(15-13-22)38-25-16-18-31(19-17-25)29(33)37-21-23-8-4-2-5-9-23/h2-15,25,27,30H,16-21H2,1H3/t27-/m0/s1. The summed E-state index contributed by atoms with van der Waals surface area (Å²) in [4.78, 5) is 26.5. The Morgan fingerprint density at radius 3 is 2.13 bits per heavy atom. The first-order valence-electron chi connectivity index (χ1n) is 12.7. The van der Waals surface area contributed by atoms with Gasteiger partial charge in [0.1, 0.15) is 24.5 Å². The third kappa shape index (κ3) is 8.05. The zero-order valence-electron chi connectivity index (χ0n) is 21.7. The molecule has 1 amide bonds. The zero-order chi connectivity index (χ0) is 27.7. The van der Waals surface area contributed by atoms with Crippen molar-refractivity contribution in [1.29, 1.82) is 0 Å². The van der Waals surface area contributed by atoms with E-state index < -0.39 is 22.0 Å². The highest BCUT2D eigenvalue weighted by molar-refractivity contribution is 7.89. The fourth-order valence-electron chi connectivity index (χ4n) is 4.27. The number of hydrogen-bond donors (Lipinski definition) is 1. The van der Waals surface area contributed by atoms with Gasteiger partial charge in [0.2, 0.25) is 10.0 Å². The van der Waals surface area contributed by atoms with Gasteiger partial charge in [-0.3, -0.25) is 4.79 Å². The molecule has 10 heteroatoms. The summed E-state index contributed by atoms with van der Waals surface area (Å²) in [5.41, 5.74) is 1.68. The van der Waals surface area contributed by atoms with Crippen LogP contribution in [0.15, 0.2) is 89.8 Å². The molecule has 9 nitrogen and oxygen atoms in total. The van der Waals surface area contributed by atoms with Gasteiger partial charge in [0.15, 0.2) is 0 Å². The molecule has 0 aromatic heterocycles. The van der Waals surface area contributed by atoms with E-state index >= 15 is 0 Å². The highest BCUT2D eigenvalue weighted by Gasteiger charge is 2.27. The maximum atomic E-state index is 12.7. The molecule has 0 saturated carbocycles. The summed E-state index contributed by atoms with van der Waals surface area (Å²) < 4.78 is 44.2. The molecule has 0 aliphatic carbocycles. The average molecular weight is 553 g/mol. The number of nitrogens with zero attached hydrogens (tertiary/aromatic N) is 1. The second-order valence-electron chi connectivity index (χ2n) is 9.20. The molecule has 0 spiro atoms. The van der Waals surface area contributed by atoms with E-state index in [1.54, 1.807) is 47.4 Å². The molecule has 3 aromatic carbocycles. The van der Waals surface area contributed by atoms with Crippen LogP contribution in [-0.2, 0) is 37.3 Å². The van der Waals surface area contributed by atoms with E-state index in [1.165, 1.54) is 19.2 Å². The summed E-state index contributed by atoms with van der Waals surface area (Å²) in [7, 11) is -2.68. The molecule has 1 fully saturated rings. The van der Waals surface area contributed by atoms with Crippen molar-refractivity contribution in [2.75, 3.05) is 20.2 Å². The Labute approximate surface area is 228 Å². The van der Waals surface area contributed by atoms with Gasteiger partial charge < -0.3 is 19.1 Å². The van der Waals surface area contributed by atoms with Crippen LogP contribution in [0.5, 0.6) is 5.75 Å². The van der Waals surface area contributed by atoms with Gasteiger partial charge in [-0.1, -0.05) is 60.7 Å². The normalized spacial score (nSPS) is 14.8. The molecule has 0 radical (unpaired) electrons. The molecular formula is C29H32N2O7S. The monoisotopic (exact) mass is 552 g/mol. The topological polar surface area (TPSA) is 111 Å². The zero-order valence-corrected chi connectivity index (χ0v) is 22.5. The Hall–Kier alpha value is -3.89. The van der Waals surface area contributed by atoms with Crippen LogP contribution < -0.4 is 9.46 Å². The van der Waals surface area contributed by atoms with Crippen LogP contribution in [0.25, 0.3) is 0 Å². The van der Waals surface area contributed by atoms with Crippen molar-refractivity contribution in [3.8, 4) is 5.75 Å². The molecule has 1 heterocycles. The van der Waals surface area contributed by atoms with Gasteiger partial charge in [0.05, 0.1) is 12.0 Å². The number of hydrogen-bond acceptors (Lipinski definition) is 7. The molecule has 0 bridgehead atoms. The number of benzene rings is 3. The highest BCUT2D eigenvalue weighted by atomic mass is 32.2. The van der Waals surface area contributed by atoms with Gasteiger partial charge in [-0.2, -0.15) is 4.72 Å². The van der Waals surface area contributed by atoms with Crippen LogP contribution in [0.2, 0.25) is 0 Å². The first-order valence-corrected chi connectivity index (χ1v) is 14.2. The quantitative estimate of drug-likeness (QED) is 0.380. The molecule has 1 aliphatic heterocycles. The largest absolute Gasteiger partial charge is 0.490 e. The van der Waals surface area contributed by atoms with Gasteiger partial charge in [-0.05, 0) is 41.8 Å². The van der Waals surface area contributed by atoms with Crippen molar-refractivity contribution in [2.45, 2.75) is 42.9 Å². The number of piperidine rings is 1. The summed E-state index contributed by atoms with van der Waals surface area (Å²) in [5, 5.41) is 0. The van der Waals surface area contributed by atoms with Crippen LogP contribution in [0.3, 0.4) is 0 Å². The van der Waals surface area contributed by atoms with Crippen molar-refractivity contribution >= 4 is 22.1 Å². The number of carbonyl (C=O) groups is 2. The fourth-order valence-corrected chi connectivity index (χ4v) is 5.48. The smallest absolute Gasteiger partial charge is 0.410 e. The van der Waals surface area contributed by atoms with Crippen molar-refractivity contribution in [1.82, 2.24) is 9.62 Å². The minimum absolute atomic E-state index is 0.0467. The van der Waals surface area contributed by atoms with Gasteiger partial charge in [0.25, 0.3) is 0 Å². The van der Waals surface area contributed by atoms with E-state index in [-0.39, 0.29) is 30.1 Å². The number of carbonyl (C=O) groups excluding carboxylic acids is 2. The molecule has 1 atom stereocenters. The van der Waals surface area contributed by atoms with Gasteiger partial charge in [-0.25, -0.2) is 13.2 Å². The predicted molar refractivity (Wildman–Crippen MR) is 145 cm³/mol. The Balaban J connectivity index is 1.27. The highest BCUT2D eigenvalue weighted by Crippen LogP contribution is 2.21. The Morgan fingerprint density at radius 1 is 0.897 bits per heavy atom. The minimum atomic E-state index is -3.90. The van der Waals surface area contributed by atoms with Crippen molar-refractivity contribution in [3.05, 3.63) is 96.1 Å². The second-order valence-corrected chi connectivity index (χ2v) is 10.9. The maximum absolute atomic E-state index is 12.7. The molecule has 3 aromatic rings. The van der Waals surface area contributed by atoms with E-state index in [2.05, 4.69) is 4.72 Å². The molecule has 1 N–H and O–H groups in total. The number of methoxy groups -OCH3 is 1. The number of esters is 1. The van der Waals surface area contributed by atoms with E-state index in [1.807, 2.05) is 30.3 Å². The summed E-state index contributed by atoms with van der Waals surface area (Å²) in [6.45, 7) is 1.32.